The van der Waals surface area contributed by atoms with Gasteiger partial charge in [-0.3, -0.25) is 0 Å². The lowest BCUT2D eigenvalue weighted by atomic mass is 9.76. The summed E-state index contributed by atoms with van der Waals surface area (Å²) in [6.07, 6.45) is 9.15. The van der Waals surface area contributed by atoms with Crippen LogP contribution in [0.5, 0.6) is 0 Å². The van der Waals surface area contributed by atoms with Crippen molar-refractivity contribution in [2.75, 3.05) is 12.9 Å². The van der Waals surface area contributed by atoms with E-state index in [9.17, 15) is 13.5 Å². The number of aliphatic hydroxyl groups is 1. The molecule has 0 radical (unpaired) electrons. The molecule has 0 aliphatic heterocycles. The highest BCUT2D eigenvalue weighted by molar-refractivity contribution is 7.91. The molecule has 2 N–H and O–H groups in total. The van der Waals surface area contributed by atoms with Gasteiger partial charge in [0, 0.05) is 17.8 Å². The molecular formula is C15H29NO3S. The molecule has 5 heteroatoms. The number of aliphatic hydroxyl groups excluding tert-OH is 1. The Bertz CT molecular complexity index is 413. The molecule has 2 aliphatic carbocycles. The lowest BCUT2D eigenvalue weighted by Gasteiger charge is -2.43. The van der Waals surface area contributed by atoms with Gasteiger partial charge in [0.15, 0.2) is 0 Å². The maximum absolute atomic E-state index is 11.7. The zero-order valence-corrected chi connectivity index (χ0v) is 13.6. The quantitative estimate of drug-likeness (QED) is 0.832. The molecule has 20 heavy (non-hydrogen) atoms. The lowest BCUT2D eigenvalue weighted by molar-refractivity contribution is 0.0880. The minimum absolute atomic E-state index is 0.166. The van der Waals surface area contributed by atoms with Gasteiger partial charge in [0.2, 0.25) is 0 Å². The highest BCUT2D eigenvalue weighted by Crippen LogP contribution is 2.34. The molecule has 0 heterocycles. The molecule has 118 valence electrons. The molecule has 0 bridgehead atoms. The maximum Gasteiger partial charge on any atom is 0.150 e. The van der Waals surface area contributed by atoms with Crippen LogP contribution in [0.2, 0.25) is 0 Å². The van der Waals surface area contributed by atoms with Gasteiger partial charge in [-0.25, -0.2) is 8.42 Å². The Morgan fingerprint density at radius 2 is 1.85 bits per heavy atom. The second-order valence-electron chi connectivity index (χ2n) is 7.08. The molecule has 2 rings (SSSR count). The SMILES string of the molecule is CC1CCC(CO)(NC2CCCC(S(C)(=O)=O)C2)CC1. The zero-order valence-electron chi connectivity index (χ0n) is 12.8. The van der Waals surface area contributed by atoms with Gasteiger partial charge in [-0.05, 0) is 50.9 Å². The number of hydrogen-bond acceptors (Lipinski definition) is 4. The standard InChI is InChI=1S/C15H29NO3S/c1-12-6-8-15(11-17,9-7-12)16-13-4-3-5-14(10-13)20(2,18)19/h12-14,16-17H,3-11H2,1-2H3. The van der Waals surface area contributed by atoms with E-state index in [2.05, 4.69) is 12.2 Å². The van der Waals surface area contributed by atoms with E-state index < -0.39 is 9.84 Å². The van der Waals surface area contributed by atoms with Gasteiger partial charge in [0.1, 0.15) is 9.84 Å². The highest BCUT2D eigenvalue weighted by atomic mass is 32.2. The lowest BCUT2D eigenvalue weighted by Crippen LogP contribution is -2.56. The second-order valence-corrected chi connectivity index (χ2v) is 9.41. The van der Waals surface area contributed by atoms with Crippen LogP contribution in [-0.4, -0.2) is 43.2 Å². The second kappa shape index (κ2) is 6.32. The Balaban J connectivity index is 1.97. The third kappa shape index (κ3) is 3.95. The largest absolute Gasteiger partial charge is 0.394 e. The number of rotatable bonds is 4. The van der Waals surface area contributed by atoms with E-state index >= 15 is 0 Å². The van der Waals surface area contributed by atoms with E-state index in [0.29, 0.717) is 6.42 Å². The maximum atomic E-state index is 11.7. The fraction of sp³-hybridized carbons (Fsp3) is 1.00. The molecule has 0 aromatic heterocycles. The topological polar surface area (TPSA) is 66.4 Å². The van der Waals surface area contributed by atoms with Gasteiger partial charge in [-0.2, -0.15) is 0 Å². The van der Waals surface area contributed by atoms with Crippen LogP contribution < -0.4 is 5.32 Å². The minimum atomic E-state index is -2.94. The predicted octanol–water partition coefficient (Wildman–Crippen LogP) is 1.87. The Labute approximate surface area is 123 Å². The monoisotopic (exact) mass is 303 g/mol. The Hall–Kier alpha value is -0.130. The summed E-state index contributed by atoms with van der Waals surface area (Å²) < 4.78 is 23.5. The Morgan fingerprint density at radius 3 is 2.40 bits per heavy atom. The Morgan fingerprint density at radius 1 is 1.20 bits per heavy atom. The van der Waals surface area contributed by atoms with Gasteiger partial charge in [-0.15, -0.1) is 0 Å². The summed E-state index contributed by atoms with van der Waals surface area (Å²) in [5.74, 6) is 0.742. The first-order valence-corrected chi connectivity index (χ1v) is 9.87. The van der Waals surface area contributed by atoms with E-state index in [4.69, 9.17) is 0 Å². The summed E-state index contributed by atoms with van der Waals surface area (Å²) in [7, 11) is -2.94. The van der Waals surface area contributed by atoms with Crippen molar-refractivity contribution in [3.8, 4) is 0 Å². The van der Waals surface area contributed by atoms with Gasteiger partial charge >= 0.3 is 0 Å². The highest BCUT2D eigenvalue weighted by Gasteiger charge is 2.37. The van der Waals surface area contributed by atoms with Crippen molar-refractivity contribution in [1.29, 1.82) is 0 Å². The van der Waals surface area contributed by atoms with Crippen molar-refractivity contribution in [1.82, 2.24) is 5.32 Å². The number of nitrogens with one attached hydrogen (secondary N) is 1. The third-order valence-corrected chi connectivity index (χ3v) is 6.92. The molecule has 0 saturated heterocycles. The summed E-state index contributed by atoms with van der Waals surface area (Å²) in [6.45, 7) is 2.43. The van der Waals surface area contributed by atoms with Crippen LogP contribution in [-0.2, 0) is 9.84 Å². The summed E-state index contributed by atoms with van der Waals surface area (Å²) >= 11 is 0. The molecule has 0 aromatic carbocycles. The Kier molecular flexibility index (Phi) is 5.14. The fourth-order valence-electron chi connectivity index (χ4n) is 3.76. The van der Waals surface area contributed by atoms with Crippen molar-refractivity contribution in [2.24, 2.45) is 5.92 Å². The molecule has 2 aliphatic rings. The van der Waals surface area contributed by atoms with Crippen LogP contribution in [0.1, 0.15) is 58.3 Å². The first-order valence-electron chi connectivity index (χ1n) is 7.92. The minimum Gasteiger partial charge on any atom is -0.394 e. The van der Waals surface area contributed by atoms with Gasteiger partial charge < -0.3 is 10.4 Å². The summed E-state index contributed by atoms with van der Waals surface area (Å²) in [5, 5.41) is 13.2. The molecule has 0 aromatic rings. The van der Waals surface area contributed by atoms with E-state index in [0.717, 1.165) is 50.9 Å². The van der Waals surface area contributed by atoms with E-state index in [1.807, 2.05) is 0 Å². The predicted molar refractivity (Wildman–Crippen MR) is 81.5 cm³/mol. The van der Waals surface area contributed by atoms with Crippen molar-refractivity contribution < 1.29 is 13.5 Å². The molecule has 0 spiro atoms. The zero-order chi connectivity index (χ0) is 14.8. The van der Waals surface area contributed by atoms with Crippen LogP contribution in [0.25, 0.3) is 0 Å². The number of sulfone groups is 1. The van der Waals surface area contributed by atoms with Gasteiger partial charge in [-0.1, -0.05) is 13.3 Å². The summed E-state index contributed by atoms with van der Waals surface area (Å²) in [5.41, 5.74) is -0.170. The molecule has 2 atom stereocenters. The van der Waals surface area contributed by atoms with Crippen molar-refractivity contribution >= 4 is 9.84 Å². The van der Waals surface area contributed by atoms with Gasteiger partial charge in [0.05, 0.1) is 11.9 Å². The van der Waals surface area contributed by atoms with Crippen molar-refractivity contribution in [3.63, 3.8) is 0 Å². The number of hydrogen-bond donors (Lipinski definition) is 2. The fourth-order valence-corrected chi connectivity index (χ4v) is 4.94. The summed E-state index contributed by atoms with van der Waals surface area (Å²) in [6, 6.07) is 0.240. The average Bonchev–Trinajstić information content (AvgIpc) is 2.41. The first kappa shape index (κ1) is 16.2. The van der Waals surface area contributed by atoms with E-state index in [-0.39, 0.29) is 23.4 Å². The van der Waals surface area contributed by atoms with Crippen LogP contribution >= 0.6 is 0 Å². The van der Waals surface area contributed by atoms with Crippen LogP contribution in [0.4, 0.5) is 0 Å². The molecular weight excluding hydrogens is 274 g/mol. The molecule has 2 unspecified atom stereocenters. The molecule has 2 saturated carbocycles. The molecule has 0 amide bonds. The third-order valence-electron chi connectivity index (χ3n) is 5.28. The van der Waals surface area contributed by atoms with Gasteiger partial charge in [0.25, 0.3) is 0 Å². The van der Waals surface area contributed by atoms with E-state index in [1.54, 1.807) is 0 Å². The molecule has 4 nitrogen and oxygen atoms in total. The normalized spacial score (nSPS) is 39.6. The first-order chi connectivity index (χ1) is 9.35. The van der Waals surface area contributed by atoms with Crippen molar-refractivity contribution in [2.45, 2.75) is 75.1 Å². The molecule has 2 fully saturated rings. The van der Waals surface area contributed by atoms with E-state index in [1.165, 1.54) is 6.26 Å². The van der Waals surface area contributed by atoms with Crippen LogP contribution in [0, 0.1) is 5.92 Å². The summed E-state index contributed by atoms with van der Waals surface area (Å²) in [4.78, 5) is 0. The van der Waals surface area contributed by atoms with Crippen molar-refractivity contribution in [3.05, 3.63) is 0 Å². The smallest absolute Gasteiger partial charge is 0.150 e. The van der Waals surface area contributed by atoms with Crippen LogP contribution in [0.3, 0.4) is 0 Å². The van der Waals surface area contributed by atoms with Crippen LogP contribution in [0.15, 0.2) is 0 Å². The average molecular weight is 303 g/mol.